The summed E-state index contributed by atoms with van der Waals surface area (Å²) in [5.74, 6) is 1.89. The SMILES string of the molecule is CC1c2ccccc2CCN1c1cc(N2CCN(C)C(=O)C2)ncn1. The highest BCUT2D eigenvalue weighted by atomic mass is 16.2. The third-order valence-electron chi connectivity index (χ3n) is 5.31. The smallest absolute Gasteiger partial charge is 0.241 e. The van der Waals surface area contributed by atoms with Gasteiger partial charge in [0.25, 0.3) is 0 Å². The minimum absolute atomic E-state index is 0.131. The molecule has 0 spiro atoms. The highest BCUT2D eigenvalue weighted by Gasteiger charge is 2.26. The highest BCUT2D eigenvalue weighted by Crippen LogP contribution is 2.33. The quantitative estimate of drug-likeness (QED) is 0.837. The molecule has 0 bridgehead atoms. The summed E-state index contributed by atoms with van der Waals surface area (Å²) in [5, 5.41) is 0. The Morgan fingerprint density at radius 2 is 1.88 bits per heavy atom. The Kier molecular flexibility index (Phi) is 4.03. The van der Waals surface area contributed by atoms with Crippen LogP contribution in [0.2, 0.25) is 0 Å². The van der Waals surface area contributed by atoms with Gasteiger partial charge < -0.3 is 14.7 Å². The number of fused-ring (bicyclic) bond motifs is 1. The van der Waals surface area contributed by atoms with Crippen molar-refractivity contribution in [3.8, 4) is 0 Å². The molecule has 25 heavy (non-hydrogen) atoms. The maximum atomic E-state index is 12.0. The Hall–Kier alpha value is -2.63. The number of nitrogens with zero attached hydrogens (tertiary/aromatic N) is 5. The molecule has 6 nitrogen and oxygen atoms in total. The van der Waals surface area contributed by atoms with E-state index in [1.807, 2.05) is 18.0 Å². The van der Waals surface area contributed by atoms with Gasteiger partial charge in [-0.2, -0.15) is 0 Å². The summed E-state index contributed by atoms with van der Waals surface area (Å²) in [7, 11) is 1.85. The number of amides is 1. The van der Waals surface area contributed by atoms with Crippen molar-refractivity contribution >= 4 is 17.5 Å². The number of hydrogen-bond donors (Lipinski definition) is 0. The predicted octanol–water partition coefficient (Wildman–Crippen LogP) is 1.88. The van der Waals surface area contributed by atoms with Crippen LogP contribution >= 0.6 is 0 Å². The molecule has 0 aliphatic carbocycles. The number of hydrogen-bond acceptors (Lipinski definition) is 5. The van der Waals surface area contributed by atoms with E-state index >= 15 is 0 Å². The van der Waals surface area contributed by atoms with E-state index in [0.717, 1.165) is 37.7 Å². The van der Waals surface area contributed by atoms with Crippen LogP contribution in [-0.4, -0.2) is 54.0 Å². The lowest BCUT2D eigenvalue weighted by Gasteiger charge is -2.37. The van der Waals surface area contributed by atoms with Crippen LogP contribution in [0.3, 0.4) is 0 Å². The highest BCUT2D eigenvalue weighted by molar-refractivity contribution is 5.82. The minimum Gasteiger partial charge on any atom is -0.349 e. The number of rotatable bonds is 2. The van der Waals surface area contributed by atoms with Crippen LogP contribution in [0, 0.1) is 0 Å². The summed E-state index contributed by atoms with van der Waals surface area (Å²) in [4.78, 5) is 27.0. The second-order valence-electron chi connectivity index (χ2n) is 6.79. The van der Waals surface area contributed by atoms with Gasteiger partial charge in [0.1, 0.15) is 18.0 Å². The molecule has 1 aromatic heterocycles. The Morgan fingerprint density at radius 3 is 2.72 bits per heavy atom. The predicted molar refractivity (Wildman–Crippen MR) is 97.8 cm³/mol. The van der Waals surface area contributed by atoms with Crippen molar-refractivity contribution in [1.82, 2.24) is 14.9 Å². The van der Waals surface area contributed by atoms with Crippen LogP contribution in [0.25, 0.3) is 0 Å². The van der Waals surface area contributed by atoms with E-state index in [1.54, 1.807) is 11.2 Å². The molecule has 1 atom stereocenters. The Morgan fingerprint density at radius 1 is 1.08 bits per heavy atom. The molecule has 0 radical (unpaired) electrons. The first-order valence-corrected chi connectivity index (χ1v) is 8.79. The average molecular weight is 337 g/mol. The number of carbonyl (C=O) groups is 1. The maximum absolute atomic E-state index is 12.0. The fourth-order valence-corrected chi connectivity index (χ4v) is 3.71. The summed E-state index contributed by atoms with van der Waals surface area (Å²) in [5.41, 5.74) is 2.79. The largest absolute Gasteiger partial charge is 0.349 e. The zero-order valence-electron chi connectivity index (χ0n) is 14.7. The van der Waals surface area contributed by atoms with Crippen LogP contribution in [0.5, 0.6) is 0 Å². The minimum atomic E-state index is 0.131. The number of carbonyl (C=O) groups excluding carboxylic acids is 1. The molecular weight excluding hydrogens is 314 g/mol. The molecule has 130 valence electrons. The van der Waals surface area contributed by atoms with Gasteiger partial charge in [-0.15, -0.1) is 0 Å². The van der Waals surface area contributed by atoms with Crippen LogP contribution < -0.4 is 9.80 Å². The maximum Gasteiger partial charge on any atom is 0.241 e. The lowest BCUT2D eigenvalue weighted by molar-refractivity contribution is -0.129. The van der Waals surface area contributed by atoms with Gasteiger partial charge in [0.05, 0.1) is 12.6 Å². The van der Waals surface area contributed by atoms with Crippen molar-refractivity contribution in [2.75, 3.05) is 43.0 Å². The van der Waals surface area contributed by atoms with Crippen LogP contribution in [0.4, 0.5) is 11.6 Å². The van der Waals surface area contributed by atoms with E-state index in [2.05, 4.69) is 46.1 Å². The van der Waals surface area contributed by atoms with Crippen molar-refractivity contribution in [3.05, 3.63) is 47.8 Å². The normalized spacial score (nSPS) is 20.6. The first kappa shape index (κ1) is 15.9. The molecule has 0 saturated carbocycles. The Bertz CT molecular complexity index is 793. The van der Waals surface area contributed by atoms with E-state index < -0.39 is 0 Å². The van der Waals surface area contributed by atoms with Crippen LogP contribution in [0.15, 0.2) is 36.7 Å². The van der Waals surface area contributed by atoms with E-state index in [4.69, 9.17) is 0 Å². The molecule has 2 aliphatic rings. The molecule has 1 fully saturated rings. The topological polar surface area (TPSA) is 52.6 Å². The summed E-state index contributed by atoms with van der Waals surface area (Å²) >= 11 is 0. The van der Waals surface area contributed by atoms with Gasteiger partial charge in [-0.3, -0.25) is 4.79 Å². The fourth-order valence-electron chi connectivity index (χ4n) is 3.71. The molecule has 2 aliphatic heterocycles. The molecule has 4 rings (SSSR count). The van der Waals surface area contributed by atoms with Gasteiger partial charge in [0.2, 0.25) is 5.91 Å². The zero-order valence-corrected chi connectivity index (χ0v) is 14.7. The third kappa shape index (κ3) is 2.92. The molecular formula is C19H23N5O. The number of piperazine rings is 1. The molecule has 2 aromatic rings. The fraction of sp³-hybridized carbons (Fsp3) is 0.421. The monoisotopic (exact) mass is 337 g/mol. The van der Waals surface area contributed by atoms with Crippen molar-refractivity contribution in [3.63, 3.8) is 0 Å². The summed E-state index contributed by atoms with van der Waals surface area (Å²) in [6.45, 7) is 5.07. The van der Waals surface area contributed by atoms with Crippen molar-refractivity contribution in [1.29, 1.82) is 0 Å². The summed E-state index contributed by atoms with van der Waals surface area (Å²) in [6.07, 6.45) is 2.63. The second-order valence-corrected chi connectivity index (χ2v) is 6.79. The number of likely N-dealkylation sites (N-methyl/N-ethyl adjacent to an activating group) is 1. The molecule has 1 amide bonds. The van der Waals surface area contributed by atoms with Crippen molar-refractivity contribution in [2.24, 2.45) is 0 Å². The van der Waals surface area contributed by atoms with Gasteiger partial charge in [-0.25, -0.2) is 9.97 Å². The second kappa shape index (κ2) is 6.35. The van der Waals surface area contributed by atoms with E-state index in [9.17, 15) is 4.79 Å². The Balaban J connectivity index is 1.59. The number of aromatic nitrogens is 2. The number of anilines is 2. The van der Waals surface area contributed by atoms with E-state index in [1.165, 1.54) is 11.1 Å². The lowest BCUT2D eigenvalue weighted by Crippen LogP contribution is -2.48. The molecule has 1 unspecified atom stereocenters. The molecule has 1 saturated heterocycles. The van der Waals surface area contributed by atoms with E-state index in [0.29, 0.717) is 6.54 Å². The molecule has 1 aromatic carbocycles. The molecule has 0 N–H and O–H groups in total. The van der Waals surface area contributed by atoms with Gasteiger partial charge in [-0.05, 0) is 24.5 Å². The molecule has 3 heterocycles. The first-order valence-electron chi connectivity index (χ1n) is 8.79. The number of benzene rings is 1. The molecule has 6 heteroatoms. The van der Waals surface area contributed by atoms with Gasteiger partial charge in [0, 0.05) is 32.7 Å². The first-order chi connectivity index (χ1) is 12.1. The zero-order chi connectivity index (χ0) is 17.4. The van der Waals surface area contributed by atoms with Crippen LogP contribution in [0.1, 0.15) is 24.1 Å². The van der Waals surface area contributed by atoms with E-state index in [-0.39, 0.29) is 11.9 Å². The van der Waals surface area contributed by atoms with Crippen LogP contribution in [-0.2, 0) is 11.2 Å². The summed E-state index contributed by atoms with van der Waals surface area (Å²) < 4.78 is 0. The van der Waals surface area contributed by atoms with Gasteiger partial charge in [0.15, 0.2) is 0 Å². The average Bonchev–Trinajstić information content (AvgIpc) is 2.65. The standard InChI is InChI=1S/C19H23N5O/c1-14-16-6-4-3-5-15(16)7-8-24(14)18-11-17(20-13-21-18)23-10-9-22(2)19(25)12-23/h3-6,11,13-14H,7-10,12H2,1-2H3. The van der Waals surface area contributed by atoms with Gasteiger partial charge in [-0.1, -0.05) is 24.3 Å². The Labute approximate surface area is 148 Å². The third-order valence-corrected chi connectivity index (χ3v) is 5.31. The van der Waals surface area contributed by atoms with Gasteiger partial charge >= 0.3 is 0 Å². The van der Waals surface area contributed by atoms with Crippen molar-refractivity contribution < 1.29 is 4.79 Å². The lowest BCUT2D eigenvalue weighted by atomic mass is 9.94. The van der Waals surface area contributed by atoms with Crippen molar-refractivity contribution in [2.45, 2.75) is 19.4 Å². The summed E-state index contributed by atoms with van der Waals surface area (Å²) in [6, 6.07) is 10.9.